The quantitative estimate of drug-likeness (QED) is 0.258. The van der Waals surface area contributed by atoms with Crippen molar-refractivity contribution >= 4 is 46.2 Å². The number of aldehydes is 1. The first-order chi connectivity index (χ1) is 17.4. The summed E-state index contributed by atoms with van der Waals surface area (Å²) < 4.78 is 1.61. The number of rotatable bonds is 10. The predicted octanol–water partition coefficient (Wildman–Crippen LogP) is 2.89. The number of carbonyl (C=O) groups excluding carboxylic acids is 2. The molecular formula is C25H27N9O2. The van der Waals surface area contributed by atoms with E-state index >= 15 is 0 Å². The van der Waals surface area contributed by atoms with Crippen LogP contribution in [0.2, 0.25) is 0 Å². The Hall–Kier alpha value is -4.64. The number of fused-ring (bicyclic) bond motifs is 1. The zero-order chi connectivity index (χ0) is 25.7. The lowest BCUT2D eigenvalue weighted by Crippen LogP contribution is -2.29. The van der Waals surface area contributed by atoms with Gasteiger partial charge in [0.05, 0.1) is 22.6 Å². The molecule has 0 aliphatic rings. The molecule has 2 heterocycles. The molecule has 0 saturated heterocycles. The van der Waals surface area contributed by atoms with Gasteiger partial charge in [0.15, 0.2) is 12.1 Å². The first kappa shape index (κ1) is 24.5. The minimum absolute atomic E-state index is 0.255. The Morgan fingerprint density at radius 3 is 2.67 bits per heavy atom. The van der Waals surface area contributed by atoms with E-state index in [0.717, 1.165) is 23.9 Å². The van der Waals surface area contributed by atoms with Gasteiger partial charge < -0.3 is 20.4 Å². The Labute approximate surface area is 208 Å². The Bertz CT molecular complexity index is 1410. The van der Waals surface area contributed by atoms with Gasteiger partial charge in [-0.25, -0.2) is 4.98 Å². The third-order valence-electron chi connectivity index (χ3n) is 5.49. The van der Waals surface area contributed by atoms with Gasteiger partial charge in [0.25, 0.3) is 0 Å². The molecule has 1 amide bonds. The van der Waals surface area contributed by atoms with Crippen LogP contribution in [0.25, 0.3) is 16.9 Å². The van der Waals surface area contributed by atoms with E-state index in [4.69, 9.17) is 0 Å². The number of amides is 1. The fourth-order valence-corrected chi connectivity index (χ4v) is 3.57. The zero-order valence-electron chi connectivity index (χ0n) is 20.3. The van der Waals surface area contributed by atoms with Gasteiger partial charge in [-0.15, -0.1) is 5.10 Å². The number of aromatic nitrogens is 5. The highest BCUT2D eigenvalue weighted by molar-refractivity contribution is 6.03. The normalized spacial score (nSPS) is 10.9. The molecule has 2 aromatic heterocycles. The highest BCUT2D eigenvalue weighted by Crippen LogP contribution is 2.33. The molecule has 2 N–H and O–H groups in total. The maximum atomic E-state index is 12.1. The molecule has 0 radical (unpaired) electrons. The van der Waals surface area contributed by atoms with Crippen LogP contribution in [0.5, 0.6) is 0 Å². The molecule has 0 unspecified atom stereocenters. The number of likely N-dealkylation sites (N-methyl/N-ethyl adjacent to an activating group) is 2. The summed E-state index contributed by atoms with van der Waals surface area (Å²) in [5, 5.41) is 14.3. The monoisotopic (exact) mass is 485 g/mol. The van der Waals surface area contributed by atoms with Gasteiger partial charge in [-0.1, -0.05) is 23.9 Å². The smallest absolute Gasteiger partial charge is 0.247 e. The van der Waals surface area contributed by atoms with Crippen molar-refractivity contribution in [1.29, 1.82) is 0 Å². The Morgan fingerprint density at radius 1 is 1.11 bits per heavy atom. The summed E-state index contributed by atoms with van der Waals surface area (Å²) in [5.74, 6) is 0.400. The second-order valence-corrected chi connectivity index (χ2v) is 8.35. The number of hydrogen-bond donors (Lipinski definition) is 2. The molecule has 0 bridgehead atoms. The fraction of sp³-hybridized carbons (Fsp3) is 0.200. The van der Waals surface area contributed by atoms with Crippen LogP contribution in [-0.4, -0.2) is 76.3 Å². The zero-order valence-corrected chi connectivity index (χ0v) is 20.3. The van der Waals surface area contributed by atoms with Gasteiger partial charge in [-0.2, -0.15) is 9.67 Å². The van der Waals surface area contributed by atoms with Gasteiger partial charge in [-0.05, 0) is 44.4 Å². The summed E-state index contributed by atoms with van der Waals surface area (Å²) in [4.78, 5) is 37.0. The van der Waals surface area contributed by atoms with Gasteiger partial charge in [0, 0.05) is 38.0 Å². The standard InChI is InChI=1S/C25H27N9O2/c1-5-24(36)27-20-15-19(17(16-35)14-22(20)33(4)13-12-32(2)3)28-25-26-11-10-23(29-25)34-21-9-7-6-8-18(21)30-31-34/h5-11,14-16H,1,12-13H2,2-4H3,(H,27,36)(H,26,28,29). The van der Waals surface area contributed by atoms with Gasteiger partial charge in [-0.3, -0.25) is 9.59 Å². The van der Waals surface area contributed by atoms with Gasteiger partial charge >= 0.3 is 0 Å². The second-order valence-electron chi connectivity index (χ2n) is 8.35. The van der Waals surface area contributed by atoms with Crippen LogP contribution in [-0.2, 0) is 4.79 Å². The number of para-hydroxylation sites is 1. The summed E-state index contributed by atoms with van der Waals surface area (Å²) in [6.07, 6.45) is 3.53. The van der Waals surface area contributed by atoms with Crippen LogP contribution >= 0.6 is 0 Å². The Balaban J connectivity index is 1.70. The number of hydrogen-bond acceptors (Lipinski definition) is 9. The first-order valence-corrected chi connectivity index (χ1v) is 11.2. The lowest BCUT2D eigenvalue weighted by molar-refractivity contribution is -0.111. The van der Waals surface area contributed by atoms with Crippen LogP contribution in [0.15, 0.2) is 61.3 Å². The van der Waals surface area contributed by atoms with E-state index in [0.29, 0.717) is 35.0 Å². The molecule has 36 heavy (non-hydrogen) atoms. The minimum atomic E-state index is -0.363. The van der Waals surface area contributed by atoms with Crippen molar-refractivity contribution in [3.8, 4) is 5.82 Å². The molecule has 11 nitrogen and oxygen atoms in total. The van der Waals surface area contributed by atoms with Crippen molar-refractivity contribution in [2.45, 2.75) is 0 Å². The molecule has 184 valence electrons. The molecule has 0 spiro atoms. The largest absolute Gasteiger partial charge is 0.372 e. The highest BCUT2D eigenvalue weighted by Gasteiger charge is 2.16. The van der Waals surface area contributed by atoms with Crippen LogP contribution < -0.4 is 15.5 Å². The van der Waals surface area contributed by atoms with Crippen molar-refractivity contribution in [2.24, 2.45) is 0 Å². The highest BCUT2D eigenvalue weighted by atomic mass is 16.1. The Kier molecular flexibility index (Phi) is 7.31. The summed E-state index contributed by atoms with van der Waals surface area (Å²) in [5.41, 5.74) is 3.59. The summed E-state index contributed by atoms with van der Waals surface area (Å²) in [7, 11) is 5.86. The topological polar surface area (TPSA) is 121 Å². The third-order valence-corrected chi connectivity index (χ3v) is 5.49. The van der Waals surface area contributed by atoms with E-state index in [2.05, 4.69) is 42.4 Å². The molecule has 4 rings (SSSR count). The minimum Gasteiger partial charge on any atom is -0.372 e. The molecule has 0 aliphatic carbocycles. The van der Waals surface area contributed by atoms with Crippen molar-refractivity contribution < 1.29 is 9.59 Å². The summed E-state index contributed by atoms with van der Waals surface area (Å²) in [6, 6.07) is 12.7. The molecule has 0 atom stereocenters. The van der Waals surface area contributed by atoms with E-state index in [1.807, 2.05) is 50.3 Å². The van der Waals surface area contributed by atoms with E-state index in [-0.39, 0.29) is 11.9 Å². The van der Waals surface area contributed by atoms with E-state index in [1.165, 1.54) is 6.08 Å². The number of carbonyl (C=O) groups is 2. The maximum Gasteiger partial charge on any atom is 0.247 e. The average Bonchev–Trinajstić information content (AvgIpc) is 3.32. The van der Waals surface area contributed by atoms with Crippen molar-refractivity contribution in [3.05, 3.63) is 66.9 Å². The lowest BCUT2D eigenvalue weighted by atomic mass is 10.1. The molecule has 11 heteroatoms. The molecule has 0 fully saturated rings. The van der Waals surface area contributed by atoms with Crippen LogP contribution in [0.4, 0.5) is 23.0 Å². The van der Waals surface area contributed by atoms with Crippen molar-refractivity contribution in [1.82, 2.24) is 29.9 Å². The number of benzene rings is 2. The van der Waals surface area contributed by atoms with E-state index < -0.39 is 0 Å². The van der Waals surface area contributed by atoms with Crippen LogP contribution in [0.3, 0.4) is 0 Å². The average molecular weight is 486 g/mol. The molecule has 2 aromatic carbocycles. The van der Waals surface area contributed by atoms with E-state index in [9.17, 15) is 9.59 Å². The SMILES string of the molecule is C=CC(=O)Nc1cc(Nc2nccc(-n3nnc4ccccc43)n2)c(C=O)cc1N(C)CCN(C)C. The summed E-state index contributed by atoms with van der Waals surface area (Å²) in [6.45, 7) is 5.01. The molecule has 0 saturated carbocycles. The molecule has 4 aromatic rings. The fourth-order valence-electron chi connectivity index (χ4n) is 3.57. The van der Waals surface area contributed by atoms with E-state index in [1.54, 1.807) is 29.1 Å². The number of nitrogens with one attached hydrogen (secondary N) is 2. The van der Waals surface area contributed by atoms with Gasteiger partial charge in [0.1, 0.15) is 5.52 Å². The third kappa shape index (κ3) is 5.36. The van der Waals surface area contributed by atoms with Gasteiger partial charge in [0.2, 0.25) is 11.9 Å². The Morgan fingerprint density at radius 2 is 1.92 bits per heavy atom. The van der Waals surface area contributed by atoms with Crippen molar-refractivity contribution in [2.75, 3.05) is 49.8 Å². The lowest BCUT2D eigenvalue weighted by Gasteiger charge is -2.25. The number of nitrogens with zero attached hydrogens (tertiary/aromatic N) is 7. The summed E-state index contributed by atoms with van der Waals surface area (Å²) >= 11 is 0. The predicted molar refractivity (Wildman–Crippen MR) is 140 cm³/mol. The van der Waals surface area contributed by atoms with Crippen LogP contribution in [0.1, 0.15) is 10.4 Å². The number of anilines is 4. The second kappa shape index (κ2) is 10.7. The van der Waals surface area contributed by atoms with Crippen LogP contribution in [0, 0.1) is 0 Å². The molecule has 0 aliphatic heterocycles. The molecular weight excluding hydrogens is 458 g/mol. The first-order valence-electron chi connectivity index (χ1n) is 11.2. The maximum absolute atomic E-state index is 12.1. The van der Waals surface area contributed by atoms with Crippen molar-refractivity contribution in [3.63, 3.8) is 0 Å².